The van der Waals surface area contributed by atoms with Crippen LogP contribution >= 0.6 is 0 Å². The quantitative estimate of drug-likeness (QED) is 0.868. The maximum absolute atomic E-state index is 5.34. The highest BCUT2D eigenvalue weighted by molar-refractivity contribution is 5.32. The average Bonchev–Trinajstić information content (AvgIpc) is 2.61. The molecule has 1 saturated heterocycles. The first kappa shape index (κ1) is 15.7. The molecule has 1 atom stereocenters. The molecule has 0 aliphatic carbocycles. The summed E-state index contributed by atoms with van der Waals surface area (Å²) in [4.78, 5) is 13.7. The Kier molecular flexibility index (Phi) is 4.76. The third-order valence-corrected chi connectivity index (χ3v) is 4.50. The van der Waals surface area contributed by atoms with Crippen LogP contribution in [0.15, 0.2) is 36.5 Å². The van der Waals surface area contributed by atoms with Crippen molar-refractivity contribution >= 4 is 5.95 Å². The molecule has 0 radical (unpaired) electrons. The topological polar surface area (TPSA) is 41.5 Å². The van der Waals surface area contributed by atoms with Crippen LogP contribution in [0.2, 0.25) is 0 Å². The Morgan fingerprint density at radius 2 is 1.91 bits per heavy atom. The van der Waals surface area contributed by atoms with Gasteiger partial charge in [0.15, 0.2) is 0 Å². The van der Waals surface area contributed by atoms with Crippen molar-refractivity contribution in [2.24, 2.45) is 0 Å². The second-order valence-electron chi connectivity index (χ2n) is 5.97. The fraction of sp³-hybridized carbons (Fsp3) is 0.444. The van der Waals surface area contributed by atoms with Gasteiger partial charge in [0.2, 0.25) is 5.95 Å². The molecular weight excluding hydrogens is 288 g/mol. The Balaban J connectivity index is 1.64. The highest BCUT2D eigenvalue weighted by atomic mass is 16.5. The van der Waals surface area contributed by atoms with Gasteiger partial charge in [-0.3, -0.25) is 4.90 Å². The molecule has 0 unspecified atom stereocenters. The van der Waals surface area contributed by atoms with E-state index in [1.807, 2.05) is 25.3 Å². The van der Waals surface area contributed by atoms with Gasteiger partial charge in [-0.2, -0.15) is 0 Å². The van der Waals surface area contributed by atoms with E-state index in [4.69, 9.17) is 4.74 Å². The molecule has 1 fully saturated rings. The predicted molar refractivity (Wildman–Crippen MR) is 92.0 cm³/mol. The maximum atomic E-state index is 5.34. The van der Waals surface area contributed by atoms with Gasteiger partial charge >= 0.3 is 0 Å². The molecule has 1 aliphatic rings. The molecule has 0 amide bonds. The molecular formula is C18H24N4O. The molecule has 0 bridgehead atoms. The molecule has 1 aromatic carbocycles. The fourth-order valence-electron chi connectivity index (χ4n) is 3.01. The Morgan fingerprint density at radius 3 is 2.61 bits per heavy atom. The number of aryl methyl sites for hydroxylation is 1. The lowest BCUT2D eigenvalue weighted by Crippen LogP contribution is -2.47. The third kappa shape index (κ3) is 3.62. The first-order valence-corrected chi connectivity index (χ1v) is 8.10. The van der Waals surface area contributed by atoms with Crippen molar-refractivity contribution in [1.82, 2.24) is 14.9 Å². The van der Waals surface area contributed by atoms with Crippen LogP contribution in [0.5, 0.6) is 5.75 Å². The van der Waals surface area contributed by atoms with Gasteiger partial charge in [0, 0.05) is 44.1 Å². The van der Waals surface area contributed by atoms with Gasteiger partial charge in [-0.05, 0) is 37.6 Å². The average molecular weight is 312 g/mol. The summed E-state index contributed by atoms with van der Waals surface area (Å²) in [6, 6.07) is 10.7. The van der Waals surface area contributed by atoms with E-state index < -0.39 is 0 Å². The van der Waals surface area contributed by atoms with E-state index in [-0.39, 0.29) is 0 Å². The van der Waals surface area contributed by atoms with Crippen LogP contribution in [0.25, 0.3) is 0 Å². The van der Waals surface area contributed by atoms with E-state index in [0.29, 0.717) is 6.04 Å². The monoisotopic (exact) mass is 312 g/mol. The van der Waals surface area contributed by atoms with Crippen LogP contribution in [0.1, 0.15) is 24.2 Å². The lowest BCUT2D eigenvalue weighted by Gasteiger charge is -2.38. The largest absolute Gasteiger partial charge is 0.497 e. The summed E-state index contributed by atoms with van der Waals surface area (Å²) >= 11 is 0. The number of hydrogen-bond acceptors (Lipinski definition) is 5. The number of nitrogens with zero attached hydrogens (tertiary/aromatic N) is 4. The number of rotatable bonds is 4. The first-order valence-electron chi connectivity index (χ1n) is 8.10. The molecule has 122 valence electrons. The molecule has 0 spiro atoms. The van der Waals surface area contributed by atoms with Crippen molar-refractivity contribution in [3.8, 4) is 5.75 Å². The van der Waals surface area contributed by atoms with Gasteiger partial charge in [-0.25, -0.2) is 9.97 Å². The number of methoxy groups -OCH3 is 1. The molecule has 23 heavy (non-hydrogen) atoms. The van der Waals surface area contributed by atoms with Crippen LogP contribution in [0.4, 0.5) is 5.95 Å². The molecule has 0 N–H and O–H groups in total. The van der Waals surface area contributed by atoms with E-state index in [2.05, 4.69) is 44.9 Å². The van der Waals surface area contributed by atoms with Crippen LogP contribution in [0, 0.1) is 6.92 Å². The predicted octanol–water partition coefficient (Wildman–Crippen LogP) is 2.68. The van der Waals surface area contributed by atoms with E-state index in [9.17, 15) is 0 Å². The van der Waals surface area contributed by atoms with Crippen molar-refractivity contribution in [2.75, 3.05) is 38.2 Å². The van der Waals surface area contributed by atoms with Gasteiger partial charge in [0.25, 0.3) is 0 Å². The van der Waals surface area contributed by atoms with Crippen LogP contribution in [-0.4, -0.2) is 48.2 Å². The van der Waals surface area contributed by atoms with Gasteiger partial charge in [-0.1, -0.05) is 12.1 Å². The van der Waals surface area contributed by atoms with Crippen molar-refractivity contribution in [3.05, 3.63) is 47.8 Å². The van der Waals surface area contributed by atoms with Crippen molar-refractivity contribution in [1.29, 1.82) is 0 Å². The van der Waals surface area contributed by atoms with E-state index >= 15 is 0 Å². The van der Waals surface area contributed by atoms with Crippen LogP contribution in [-0.2, 0) is 0 Å². The normalized spacial score (nSPS) is 17.1. The molecule has 2 heterocycles. The van der Waals surface area contributed by atoms with Gasteiger partial charge in [0.05, 0.1) is 7.11 Å². The summed E-state index contributed by atoms with van der Waals surface area (Å²) in [7, 11) is 1.71. The Morgan fingerprint density at radius 1 is 1.13 bits per heavy atom. The molecule has 5 heteroatoms. The molecule has 5 nitrogen and oxygen atoms in total. The minimum atomic E-state index is 0.380. The Labute approximate surface area is 137 Å². The maximum Gasteiger partial charge on any atom is 0.225 e. The van der Waals surface area contributed by atoms with Gasteiger partial charge in [-0.15, -0.1) is 0 Å². The number of benzene rings is 1. The molecule has 1 aliphatic heterocycles. The molecule has 3 rings (SSSR count). The fourth-order valence-corrected chi connectivity index (χ4v) is 3.01. The highest BCUT2D eigenvalue weighted by Gasteiger charge is 2.23. The summed E-state index contributed by atoms with van der Waals surface area (Å²) in [6.45, 7) is 8.20. The minimum Gasteiger partial charge on any atom is -0.497 e. The molecule has 1 aromatic heterocycles. The summed E-state index contributed by atoms with van der Waals surface area (Å²) in [5.41, 5.74) is 2.31. The second-order valence-corrected chi connectivity index (χ2v) is 5.97. The Bertz CT molecular complexity index is 653. The smallest absolute Gasteiger partial charge is 0.225 e. The van der Waals surface area contributed by atoms with Crippen molar-refractivity contribution < 1.29 is 4.74 Å². The first-order chi connectivity index (χ1) is 11.2. The number of hydrogen-bond donors (Lipinski definition) is 0. The minimum absolute atomic E-state index is 0.380. The van der Waals surface area contributed by atoms with E-state index in [1.54, 1.807) is 7.11 Å². The van der Waals surface area contributed by atoms with Gasteiger partial charge < -0.3 is 9.64 Å². The standard InChI is InChI=1S/C18H24N4O/c1-14-7-8-19-18(20-14)22-11-9-21(10-12-22)15(2)16-5-4-6-17(13-16)23-3/h4-8,13,15H,9-12H2,1-3H3/t15-/m0/s1. The van der Waals surface area contributed by atoms with Crippen LogP contribution < -0.4 is 9.64 Å². The summed E-state index contributed by atoms with van der Waals surface area (Å²) in [6.07, 6.45) is 1.84. The number of ether oxygens (including phenoxy) is 1. The van der Waals surface area contributed by atoms with Crippen molar-refractivity contribution in [2.45, 2.75) is 19.9 Å². The molecule has 2 aromatic rings. The van der Waals surface area contributed by atoms with Gasteiger partial charge in [0.1, 0.15) is 5.75 Å². The Hall–Kier alpha value is -2.14. The highest BCUT2D eigenvalue weighted by Crippen LogP contribution is 2.25. The van der Waals surface area contributed by atoms with Crippen LogP contribution in [0.3, 0.4) is 0 Å². The van der Waals surface area contributed by atoms with E-state index in [0.717, 1.165) is 43.6 Å². The number of anilines is 1. The zero-order valence-electron chi connectivity index (χ0n) is 14.1. The second kappa shape index (κ2) is 6.96. The number of aromatic nitrogens is 2. The third-order valence-electron chi connectivity index (χ3n) is 4.50. The number of piperazine rings is 1. The zero-order chi connectivity index (χ0) is 16.2. The molecule has 0 saturated carbocycles. The van der Waals surface area contributed by atoms with E-state index in [1.165, 1.54) is 5.56 Å². The SMILES string of the molecule is COc1cccc([C@H](C)N2CCN(c3nccc(C)n3)CC2)c1. The van der Waals surface area contributed by atoms with Crippen molar-refractivity contribution in [3.63, 3.8) is 0 Å². The zero-order valence-corrected chi connectivity index (χ0v) is 14.1. The lowest BCUT2D eigenvalue weighted by atomic mass is 10.1. The summed E-state index contributed by atoms with van der Waals surface area (Å²) in [5, 5.41) is 0. The lowest BCUT2D eigenvalue weighted by molar-refractivity contribution is 0.197. The summed E-state index contributed by atoms with van der Waals surface area (Å²) in [5.74, 6) is 1.76. The summed E-state index contributed by atoms with van der Waals surface area (Å²) < 4.78 is 5.34.